The van der Waals surface area contributed by atoms with Gasteiger partial charge in [0.15, 0.2) is 11.1 Å². The minimum Gasteiger partial charge on any atom is -0.493 e. The smallest absolute Gasteiger partial charge is 0.278 e. The molecule has 0 bridgehead atoms. The van der Waals surface area contributed by atoms with E-state index in [4.69, 9.17) is 0 Å². The predicted molar refractivity (Wildman–Crippen MR) is 85.8 cm³/mol. The van der Waals surface area contributed by atoms with Crippen LogP contribution in [0.5, 0.6) is 0 Å². The molecule has 124 valence electrons. The molecule has 1 atom stereocenters. The quantitative estimate of drug-likeness (QED) is 0.871. The highest BCUT2D eigenvalue weighted by Crippen LogP contribution is 2.35. The Bertz CT molecular complexity index is 745. The van der Waals surface area contributed by atoms with E-state index in [1.165, 1.54) is 4.90 Å². The number of rotatable bonds is 3. The van der Waals surface area contributed by atoms with E-state index < -0.39 is 21.3 Å². The number of fused-ring (bicyclic) bond motifs is 1. The van der Waals surface area contributed by atoms with Gasteiger partial charge in [0.25, 0.3) is 15.9 Å². The molecule has 7 nitrogen and oxygen atoms in total. The summed E-state index contributed by atoms with van der Waals surface area (Å²) < 4.78 is 26.4. The zero-order chi connectivity index (χ0) is 16.6. The minimum atomic E-state index is -3.69. The van der Waals surface area contributed by atoms with Crippen molar-refractivity contribution in [1.82, 2.24) is 9.21 Å². The van der Waals surface area contributed by atoms with E-state index in [0.29, 0.717) is 25.1 Å². The molecule has 0 aromatic heterocycles. The summed E-state index contributed by atoms with van der Waals surface area (Å²) in [5.74, 6) is -0.901. The number of carbonyl (C=O) groups excluding carboxylic acids is 1. The van der Waals surface area contributed by atoms with Gasteiger partial charge in [-0.2, -0.15) is 0 Å². The second-order valence-corrected chi connectivity index (χ2v) is 7.51. The van der Waals surface area contributed by atoms with Crippen LogP contribution in [0.2, 0.25) is 0 Å². The van der Waals surface area contributed by atoms with Crippen LogP contribution in [0.1, 0.15) is 19.8 Å². The fourth-order valence-corrected chi connectivity index (χ4v) is 5.14. The zero-order valence-electron chi connectivity index (χ0n) is 12.8. The number of aliphatic hydroxyl groups is 1. The van der Waals surface area contributed by atoms with Gasteiger partial charge in [-0.3, -0.25) is 9.10 Å². The van der Waals surface area contributed by atoms with Gasteiger partial charge in [0.1, 0.15) is 0 Å². The molecule has 2 heterocycles. The Morgan fingerprint density at radius 3 is 2.70 bits per heavy atom. The second-order valence-electron chi connectivity index (χ2n) is 5.49. The van der Waals surface area contributed by atoms with Gasteiger partial charge >= 0.3 is 0 Å². The average Bonchev–Trinajstić information content (AvgIpc) is 3.02. The molecule has 23 heavy (non-hydrogen) atoms. The van der Waals surface area contributed by atoms with Crippen LogP contribution in [-0.2, 0) is 14.8 Å². The van der Waals surface area contributed by atoms with Crippen molar-refractivity contribution in [2.24, 2.45) is 0 Å². The molecule has 0 spiro atoms. The summed E-state index contributed by atoms with van der Waals surface area (Å²) in [5, 5.41) is 12.3. The molecule has 8 heteroatoms. The fraction of sp³-hybridized carbons (Fsp3) is 0.400. The number of benzene rings is 1. The molecule has 2 aliphatic rings. The van der Waals surface area contributed by atoms with Crippen molar-refractivity contribution in [1.29, 1.82) is 0 Å². The number of amides is 1. The van der Waals surface area contributed by atoms with Crippen LogP contribution < -0.4 is 5.32 Å². The number of anilines is 1. The third-order valence-corrected chi connectivity index (χ3v) is 6.35. The molecule has 2 N–H and O–H groups in total. The second kappa shape index (κ2) is 5.77. The van der Waals surface area contributed by atoms with Crippen LogP contribution in [0.4, 0.5) is 5.69 Å². The van der Waals surface area contributed by atoms with Gasteiger partial charge in [0.05, 0.1) is 0 Å². The first-order valence-electron chi connectivity index (χ1n) is 7.54. The normalized spacial score (nSPS) is 22.9. The lowest BCUT2D eigenvalue weighted by Gasteiger charge is -2.38. The SMILES string of the molecule is CCN1C(C(=O)Nc2ccccc2)=C(O)N2CCCC2S1(=O)=O. The third kappa shape index (κ3) is 2.52. The summed E-state index contributed by atoms with van der Waals surface area (Å²) in [7, 11) is -3.69. The summed E-state index contributed by atoms with van der Waals surface area (Å²) >= 11 is 0. The number of para-hydroxylation sites is 1. The van der Waals surface area contributed by atoms with Crippen molar-refractivity contribution in [3.63, 3.8) is 0 Å². The van der Waals surface area contributed by atoms with Crippen molar-refractivity contribution >= 4 is 21.6 Å². The van der Waals surface area contributed by atoms with Gasteiger partial charge in [-0.05, 0) is 31.9 Å². The number of hydrogen-bond acceptors (Lipinski definition) is 5. The summed E-state index contributed by atoms with van der Waals surface area (Å²) in [4.78, 5) is 14.0. The van der Waals surface area contributed by atoms with Crippen molar-refractivity contribution in [2.75, 3.05) is 18.4 Å². The number of likely N-dealkylation sites (N-methyl/N-ethyl adjacent to an activating group) is 1. The molecular weight excluding hydrogens is 318 g/mol. The predicted octanol–water partition coefficient (Wildman–Crippen LogP) is 1.44. The van der Waals surface area contributed by atoms with Crippen LogP contribution in [0.15, 0.2) is 41.9 Å². The zero-order valence-corrected chi connectivity index (χ0v) is 13.6. The van der Waals surface area contributed by atoms with Crippen LogP contribution in [-0.4, -0.2) is 47.1 Å². The molecule has 1 unspecified atom stereocenters. The maximum Gasteiger partial charge on any atom is 0.278 e. The van der Waals surface area contributed by atoms with Gasteiger partial charge < -0.3 is 15.3 Å². The van der Waals surface area contributed by atoms with E-state index in [1.807, 2.05) is 6.07 Å². The summed E-state index contributed by atoms with van der Waals surface area (Å²) in [6.45, 7) is 2.16. The topological polar surface area (TPSA) is 90.0 Å². The molecular formula is C15H19N3O4S. The van der Waals surface area contributed by atoms with E-state index in [0.717, 1.165) is 4.31 Å². The summed E-state index contributed by atoms with van der Waals surface area (Å²) in [6, 6.07) is 8.72. The highest BCUT2D eigenvalue weighted by atomic mass is 32.2. The maximum atomic E-state index is 12.7. The Kier molecular flexibility index (Phi) is 3.93. The summed E-state index contributed by atoms with van der Waals surface area (Å²) in [6.07, 6.45) is 1.12. The van der Waals surface area contributed by atoms with E-state index in [1.54, 1.807) is 31.2 Å². The number of nitrogens with one attached hydrogen (secondary N) is 1. The van der Waals surface area contributed by atoms with E-state index in [-0.39, 0.29) is 18.1 Å². The van der Waals surface area contributed by atoms with Crippen LogP contribution in [0.3, 0.4) is 0 Å². The molecule has 1 aromatic carbocycles. The van der Waals surface area contributed by atoms with Gasteiger partial charge in [-0.15, -0.1) is 0 Å². The van der Waals surface area contributed by atoms with Gasteiger partial charge in [0.2, 0.25) is 5.88 Å². The standard InChI is InChI=1S/C15H19N3O4S/c1-2-18-13(14(19)16-11-7-4-3-5-8-11)15(20)17-10-6-9-12(17)23(18,21)22/h3-5,7-8,12,20H,2,6,9-10H2,1H3,(H,16,19). The number of carbonyl (C=O) groups is 1. The Labute approximate surface area is 135 Å². The number of sulfonamides is 1. The Morgan fingerprint density at radius 2 is 2.04 bits per heavy atom. The van der Waals surface area contributed by atoms with Crippen molar-refractivity contribution < 1.29 is 18.3 Å². The van der Waals surface area contributed by atoms with Gasteiger partial charge in [-0.1, -0.05) is 18.2 Å². The number of hydrogen-bond donors (Lipinski definition) is 2. The molecule has 0 aliphatic carbocycles. The molecule has 1 saturated heterocycles. The Balaban J connectivity index is 2.00. The average molecular weight is 337 g/mol. The van der Waals surface area contributed by atoms with E-state index >= 15 is 0 Å². The minimum absolute atomic E-state index is 0.0915. The molecule has 2 aliphatic heterocycles. The van der Waals surface area contributed by atoms with E-state index in [2.05, 4.69) is 5.32 Å². The lowest BCUT2D eigenvalue weighted by atomic mass is 10.3. The third-order valence-electron chi connectivity index (χ3n) is 4.12. The highest BCUT2D eigenvalue weighted by Gasteiger charge is 2.48. The molecule has 3 rings (SSSR count). The molecule has 0 radical (unpaired) electrons. The van der Waals surface area contributed by atoms with Crippen LogP contribution in [0, 0.1) is 0 Å². The van der Waals surface area contributed by atoms with Gasteiger partial charge in [0, 0.05) is 18.8 Å². The molecule has 1 fully saturated rings. The molecule has 1 amide bonds. The lowest BCUT2D eigenvalue weighted by molar-refractivity contribution is -0.114. The largest absolute Gasteiger partial charge is 0.493 e. The van der Waals surface area contributed by atoms with Crippen molar-refractivity contribution in [3.8, 4) is 0 Å². The monoisotopic (exact) mass is 337 g/mol. The Hall–Kier alpha value is -2.22. The number of nitrogens with zero attached hydrogens (tertiary/aromatic N) is 2. The van der Waals surface area contributed by atoms with E-state index in [9.17, 15) is 18.3 Å². The molecule has 0 saturated carbocycles. The Morgan fingerprint density at radius 1 is 1.35 bits per heavy atom. The van der Waals surface area contributed by atoms with Crippen LogP contribution in [0.25, 0.3) is 0 Å². The van der Waals surface area contributed by atoms with Gasteiger partial charge in [-0.25, -0.2) is 8.42 Å². The first-order chi connectivity index (χ1) is 11.0. The molecule has 1 aromatic rings. The first-order valence-corrected chi connectivity index (χ1v) is 9.05. The summed E-state index contributed by atoms with van der Waals surface area (Å²) in [5.41, 5.74) is 0.323. The maximum absolute atomic E-state index is 12.7. The van der Waals surface area contributed by atoms with Crippen molar-refractivity contribution in [2.45, 2.75) is 25.1 Å². The van der Waals surface area contributed by atoms with Crippen molar-refractivity contribution in [3.05, 3.63) is 41.9 Å². The first kappa shape index (κ1) is 15.7. The fourth-order valence-electron chi connectivity index (χ4n) is 3.07. The highest BCUT2D eigenvalue weighted by molar-refractivity contribution is 7.89. The van der Waals surface area contributed by atoms with Crippen LogP contribution >= 0.6 is 0 Å². The number of aliphatic hydroxyl groups excluding tert-OH is 1. The lowest BCUT2D eigenvalue weighted by Crippen LogP contribution is -2.52.